The van der Waals surface area contributed by atoms with Crippen LogP contribution in [0.25, 0.3) is 10.9 Å². The fraction of sp³-hybridized carbons (Fsp3) is 0.500. The molecule has 2 heterocycles. The van der Waals surface area contributed by atoms with E-state index in [-0.39, 0.29) is 6.04 Å². The fourth-order valence-corrected chi connectivity index (χ4v) is 4.85. The van der Waals surface area contributed by atoms with Gasteiger partial charge in [-0.05, 0) is 50.6 Å². The van der Waals surface area contributed by atoms with Crippen LogP contribution in [0.1, 0.15) is 35.0 Å². The zero-order chi connectivity index (χ0) is 20.5. The molecule has 0 bridgehead atoms. The Morgan fingerprint density at radius 2 is 2.00 bits per heavy atom. The summed E-state index contributed by atoms with van der Waals surface area (Å²) in [5.74, 6) is 0. The highest BCUT2D eigenvalue weighted by molar-refractivity contribution is 7.88. The Labute approximate surface area is 166 Å². The number of carbonyl (C=O) groups excluding carboxylic acids is 1. The minimum absolute atomic E-state index is 0.147. The summed E-state index contributed by atoms with van der Waals surface area (Å²) in [7, 11) is -3.17. The summed E-state index contributed by atoms with van der Waals surface area (Å²) in [6.07, 6.45) is 2.88. The van der Waals surface area contributed by atoms with Gasteiger partial charge in [0.2, 0.25) is 10.0 Å². The van der Waals surface area contributed by atoms with Crippen LogP contribution in [0.2, 0.25) is 0 Å². The number of hydrogen-bond acceptors (Lipinski definition) is 5. The third-order valence-corrected chi connectivity index (χ3v) is 6.97. The lowest BCUT2D eigenvalue weighted by molar-refractivity contribution is 0.112. The number of carbonyl (C=O) groups is 1. The normalized spacial score (nSPS) is 17.9. The molecule has 2 aromatic rings. The molecule has 1 aromatic carbocycles. The van der Waals surface area contributed by atoms with Crippen molar-refractivity contribution < 1.29 is 13.2 Å². The quantitative estimate of drug-likeness (QED) is 0.714. The van der Waals surface area contributed by atoms with Gasteiger partial charge in [0.25, 0.3) is 0 Å². The van der Waals surface area contributed by atoms with E-state index in [1.807, 2.05) is 23.6 Å². The molecule has 0 radical (unpaired) electrons. The number of aryl methyl sites for hydroxylation is 1. The van der Waals surface area contributed by atoms with E-state index < -0.39 is 10.0 Å². The molecule has 0 N–H and O–H groups in total. The van der Waals surface area contributed by atoms with E-state index in [9.17, 15) is 18.5 Å². The highest BCUT2D eigenvalue weighted by atomic mass is 32.2. The Morgan fingerprint density at radius 1 is 1.25 bits per heavy atom. The van der Waals surface area contributed by atoms with Gasteiger partial charge in [-0.1, -0.05) is 0 Å². The Bertz CT molecular complexity index is 1040. The van der Waals surface area contributed by atoms with Crippen LogP contribution >= 0.6 is 0 Å². The van der Waals surface area contributed by atoms with Gasteiger partial charge in [0.15, 0.2) is 0 Å². The highest BCUT2D eigenvalue weighted by Crippen LogP contribution is 2.26. The van der Waals surface area contributed by atoms with Gasteiger partial charge >= 0.3 is 0 Å². The number of hydrogen-bond donors (Lipinski definition) is 0. The Kier molecular flexibility index (Phi) is 5.89. The summed E-state index contributed by atoms with van der Waals surface area (Å²) in [5.41, 5.74) is 3.03. The zero-order valence-corrected chi connectivity index (χ0v) is 17.4. The molecule has 0 spiro atoms. The molecule has 3 rings (SSSR count). The third-order valence-electron chi connectivity index (χ3n) is 5.67. The van der Waals surface area contributed by atoms with Crippen LogP contribution in [0.3, 0.4) is 0 Å². The van der Waals surface area contributed by atoms with Crippen molar-refractivity contribution in [3.05, 3.63) is 35.0 Å². The second kappa shape index (κ2) is 8.03. The first kappa shape index (κ1) is 20.5. The number of rotatable bonds is 5. The molecular weight excluding hydrogens is 376 g/mol. The molecule has 1 fully saturated rings. The summed E-state index contributed by atoms with van der Waals surface area (Å²) in [5, 5.41) is 10.5. The van der Waals surface area contributed by atoms with Crippen molar-refractivity contribution in [2.75, 3.05) is 32.4 Å². The van der Waals surface area contributed by atoms with Gasteiger partial charge in [0.05, 0.1) is 6.26 Å². The number of nitriles is 1. The lowest BCUT2D eigenvalue weighted by atomic mass is 10.1. The Hall–Kier alpha value is -2.21. The first-order valence-electron chi connectivity index (χ1n) is 9.43. The smallest absolute Gasteiger partial charge is 0.211 e. The number of benzene rings is 1. The van der Waals surface area contributed by atoms with Crippen LogP contribution in [-0.2, 0) is 16.6 Å². The van der Waals surface area contributed by atoms with Crippen molar-refractivity contribution in [1.82, 2.24) is 13.8 Å². The zero-order valence-electron chi connectivity index (χ0n) is 16.6. The van der Waals surface area contributed by atoms with E-state index in [1.54, 1.807) is 6.07 Å². The number of aldehydes is 1. The molecule has 8 heteroatoms. The number of aromatic nitrogens is 1. The lowest BCUT2D eigenvalue weighted by Crippen LogP contribution is -2.40. The monoisotopic (exact) mass is 402 g/mol. The Balaban J connectivity index is 1.85. The van der Waals surface area contributed by atoms with Gasteiger partial charge in [0.1, 0.15) is 18.0 Å². The SMILES string of the molecule is Cc1c(C=O)ccc2c1cc(C#N)n2CC(C)N1CCCN(S(C)(=O)=O)CC1. The molecule has 1 saturated heterocycles. The topological polar surface area (TPSA) is 86.4 Å². The molecule has 28 heavy (non-hydrogen) atoms. The maximum Gasteiger partial charge on any atom is 0.211 e. The van der Waals surface area contributed by atoms with Gasteiger partial charge in [0, 0.05) is 48.7 Å². The third kappa shape index (κ3) is 3.97. The van der Waals surface area contributed by atoms with Crippen LogP contribution in [0, 0.1) is 18.3 Å². The number of nitrogens with zero attached hydrogens (tertiary/aromatic N) is 4. The largest absolute Gasteiger partial charge is 0.331 e. The first-order chi connectivity index (χ1) is 13.3. The maximum absolute atomic E-state index is 11.8. The van der Waals surface area contributed by atoms with Gasteiger partial charge in [-0.15, -0.1) is 0 Å². The predicted molar refractivity (Wildman–Crippen MR) is 109 cm³/mol. The van der Waals surface area contributed by atoms with Crippen molar-refractivity contribution in [2.45, 2.75) is 32.9 Å². The van der Waals surface area contributed by atoms with Gasteiger partial charge in [-0.25, -0.2) is 12.7 Å². The highest BCUT2D eigenvalue weighted by Gasteiger charge is 2.24. The molecule has 1 aliphatic heterocycles. The maximum atomic E-state index is 11.8. The van der Waals surface area contributed by atoms with Crippen molar-refractivity contribution in [1.29, 1.82) is 5.26 Å². The molecule has 0 amide bonds. The molecule has 7 nitrogen and oxygen atoms in total. The van der Waals surface area contributed by atoms with Crippen molar-refractivity contribution in [3.8, 4) is 6.07 Å². The standard InChI is InChI=1S/C20H26N4O3S/c1-15(22-7-4-8-23(10-9-22)28(3,26)27)13-24-18(12-21)11-19-16(2)17(14-25)5-6-20(19)24/h5-6,11,14-15H,4,7-10,13H2,1-3H3. The minimum atomic E-state index is -3.17. The van der Waals surface area contributed by atoms with Crippen LogP contribution < -0.4 is 0 Å². The van der Waals surface area contributed by atoms with Gasteiger partial charge < -0.3 is 4.57 Å². The van der Waals surface area contributed by atoms with E-state index >= 15 is 0 Å². The van der Waals surface area contributed by atoms with Crippen LogP contribution in [0.4, 0.5) is 0 Å². The number of sulfonamides is 1. The molecule has 0 saturated carbocycles. The van der Waals surface area contributed by atoms with Crippen molar-refractivity contribution >= 4 is 27.2 Å². The number of fused-ring (bicyclic) bond motifs is 1. The van der Waals surface area contributed by atoms with E-state index in [0.717, 1.165) is 35.7 Å². The lowest BCUT2D eigenvalue weighted by Gasteiger charge is -2.28. The Morgan fingerprint density at radius 3 is 2.64 bits per heavy atom. The molecule has 150 valence electrons. The summed E-state index contributed by atoms with van der Waals surface area (Å²) >= 11 is 0. The second-order valence-corrected chi connectivity index (χ2v) is 9.47. The summed E-state index contributed by atoms with van der Waals surface area (Å²) in [6, 6.07) is 7.95. The van der Waals surface area contributed by atoms with E-state index in [2.05, 4.69) is 17.9 Å². The second-order valence-electron chi connectivity index (χ2n) is 7.48. The molecule has 1 aliphatic rings. The summed E-state index contributed by atoms with van der Waals surface area (Å²) < 4.78 is 27.2. The van der Waals surface area contributed by atoms with Gasteiger partial charge in [-0.2, -0.15) is 5.26 Å². The fourth-order valence-electron chi connectivity index (χ4n) is 3.98. The van der Waals surface area contributed by atoms with Gasteiger partial charge in [-0.3, -0.25) is 9.69 Å². The molecule has 1 aromatic heterocycles. The van der Waals surface area contributed by atoms with E-state index in [1.165, 1.54) is 10.6 Å². The summed E-state index contributed by atoms with van der Waals surface area (Å²) in [6.45, 7) is 7.16. The average molecular weight is 403 g/mol. The van der Waals surface area contributed by atoms with E-state index in [4.69, 9.17) is 0 Å². The minimum Gasteiger partial charge on any atom is -0.331 e. The molecular formula is C20H26N4O3S. The molecule has 1 atom stereocenters. The van der Waals surface area contributed by atoms with Crippen molar-refractivity contribution in [2.24, 2.45) is 0 Å². The molecule has 0 aliphatic carbocycles. The first-order valence-corrected chi connectivity index (χ1v) is 11.3. The van der Waals surface area contributed by atoms with Crippen LogP contribution in [0.5, 0.6) is 0 Å². The molecule has 1 unspecified atom stereocenters. The van der Waals surface area contributed by atoms with Crippen LogP contribution in [-0.4, -0.2) is 67.0 Å². The van der Waals surface area contributed by atoms with Crippen LogP contribution in [0.15, 0.2) is 18.2 Å². The predicted octanol–water partition coefficient (Wildman–Crippen LogP) is 1.99. The van der Waals surface area contributed by atoms with Crippen molar-refractivity contribution in [3.63, 3.8) is 0 Å². The summed E-state index contributed by atoms with van der Waals surface area (Å²) in [4.78, 5) is 13.5. The average Bonchev–Trinajstić information content (AvgIpc) is 2.82. The van der Waals surface area contributed by atoms with E-state index in [0.29, 0.717) is 37.4 Å².